The maximum Gasteiger partial charge on any atom is 0.328 e. The first-order valence-corrected chi connectivity index (χ1v) is 4.79. The van der Waals surface area contributed by atoms with E-state index in [4.69, 9.17) is 10.4 Å². The Labute approximate surface area is 98.0 Å². The molecule has 17 heavy (non-hydrogen) atoms. The van der Waals surface area contributed by atoms with Crippen molar-refractivity contribution in [2.75, 3.05) is 0 Å². The average Bonchev–Trinajstić information content (AvgIpc) is 2.34. The summed E-state index contributed by atoms with van der Waals surface area (Å²) in [7, 11) is 0. The molecule has 86 valence electrons. The highest BCUT2D eigenvalue weighted by atomic mass is 16.4. The smallest absolute Gasteiger partial charge is 0.328 e. The molecule has 0 bridgehead atoms. The molecule has 0 aromatic heterocycles. The fourth-order valence-corrected chi connectivity index (χ4v) is 1.15. The van der Waals surface area contributed by atoms with Crippen molar-refractivity contribution >= 4 is 11.9 Å². The molecule has 0 unspecified atom stereocenters. The van der Waals surface area contributed by atoms with Crippen LogP contribution in [0.2, 0.25) is 0 Å². The van der Waals surface area contributed by atoms with E-state index >= 15 is 0 Å². The monoisotopic (exact) mass is 230 g/mol. The zero-order chi connectivity index (χ0) is 12.7. The summed E-state index contributed by atoms with van der Waals surface area (Å²) in [5, 5.41) is 19.5. The SMILES string of the molecule is N#Cc1cccc(CNC(=O)/C=C/C(=O)O)c1. The summed E-state index contributed by atoms with van der Waals surface area (Å²) in [6, 6.07) is 8.79. The van der Waals surface area contributed by atoms with Crippen molar-refractivity contribution in [3.8, 4) is 6.07 Å². The molecular weight excluding hydrogens is 220 g/mol. The number of nitrogens with zero attached hydrogens (tertiary/aromatic N) is 1. The second kappa shape index (κ2) is 6.08. The van der Waals surface area contributed by atoms with Crippen molar-refractivity contribution < 1.29 is 14.7 Å². The van der Waals surface area contributed by atoms with Gasteiger partial charge in [0.1, 0.15) is 0 Å². The maximum atomic E-state index is 11.1. The molecule has 5 nitrogen and oxygen atoms in total. The third-order valence-electron chi connectivity index (χ3n) is 1.90. The van der Waals surface area contributed by atoms with Gasteiger partial charge in [0.05, 0.1) is 11.6 Å². The summed E-state index contributed by atoms with van der Waals surface area (Å²) in [5.74, 6) is -1.67. The van der Waals surface area contributed by atoms with Gasteiger partial charge in [0.15, 0.2) is 0 Å². The van der Waals surface area contributed by atoms with Crippen LogP contribution in [0.3, 0.4) is 0 Å². The van der Waals surface area contributed by atoms with Crippen LogP contribution in [0.25, 0.3) is 0 Å². The van der Waals surface area contributed by atoms with Gasteiger partial charge < -0.3 is 10.4 Å². The molecule has 1 aromatic rings. The lowest BCUT2D eigenvalue weighted by atomic mass is 10.1. The number of hydrogen-bond acceptors (Lipinski definition) is 3. The van der Waals surface area contributed by atoms with E-state index < -0.39 is 11.9 Å². The minimum Gasteiger partial charge on any atom is -0.478 e. The van der Waals surface area contributed by atoms with Crippen molar-refractivity contribution in [3.63, 3.8) is 0 Å². The Morgan fingerprint density at radius 2 is 2.18 bits per heavy atom. The molecule has 0 aliphatic carbocycles. The zero-order valence-corrected chi connectivity index (χ0v) is 8.88. The van der Waals surface area contributed by atoms with E-state index in [0.29, 0.717) is 5.56 Å². The van der Waals surface area contributed by atoms with Gasteiger partial charge in [-0.05, 0) is 17.7 Å². The number of hydrogen-bond donors (Lipinski definition) is 2. The zero-order valence-electron chi connectivity index (χ0n) is 8.88. The van der Waals surface area contributed by atoms with Gasteiger partial charge in [-0.3, -0.25) is 4.79 Å². The Morgan fingerprint density at radius 1 is 1.41 bits per heavy atom. The molecule has 1 rings (SSSR count). The van der Waals surface area contributed by atoms with Gasteiger partial charge >= 0.3 is 5.97 Å². The number of carbonyl (C=O) groups excluding carboxylic acids is 1. The van der Waals surface area contributed by atoms with Gasteiger partial charge in [-0.25, -0.2) is 4.79 Å². The highest BCUT2D eigenvalue weighted by molar-refractivity contribution is 5.93. The van der Waals surface area contributed by atoms with Crippen LogP contribution in [0.15, 0.2) is 36.4 Å². The van der Waals surface area contributed by atoms with E-state index in [0.717, 1.165) is 17.7 Å². The summed E-state index contributed by atoms with van der Waals surface area (Å²) in [6.45, 7) is 0.248. The van der Waals surface area contributed by atoms with E-state index in [1.165, 1.54) is 0 Å². The molecule has 0 aliphatic heterocycles. The normalized spacial score (nSPS) is 9.82. The van der Waals surface area contributed by atoms with Gasteiger partial charge in [-0.2, -0.15) is 5.26 Å². The fourth-order valence-electron chi connectivity index (χ4n) is 1.15. The Morgan fingerprint density at radius 3 is 2.82 bits per heavy atom. The number of carbonyl (C=O) groups is 2. The largest absolute Gasteiger partial charge is 0.478 e. The fraction of sp³-hybridized carbons (Fsp3) is 0.0833. The van der Waals surface area contributed by atoms with Crippen LogP contribution < -0.4 is 5.32 Å². The molecule has 5 heteroatoms. The number of amides is 1. The van der Waals surface area contributed by atoms with E-state index in [1.807, 2.05) is 6.07 Å². The second-order valence-corrected chi connectivity index (χ2v) is 3.20. The number of rotatable bonds is 4. The molecule has 0 heterocycles. The topological polar surface area (TPSA) is 90.2 Å². The van der Waals surface area contributed by atoms with Gasteiger partial charge in [-0.15, -0.1) is 0 Å². The van der Waals surface area contributed by atoms with Crippen LogP contribution in [0.1, 0.15) is 11.1 Å². The van der Waals surface area contributed by atoms with Gasteiger partial charge in [-0.1, -0.05) is 12.1 Å². The lowest BCUT2D eigenvalue weighted by Crippen LogP contribution is -2.20. The van der Waals surface area contributed by atoms with E-state index in [9.17, 15) is 9.59 Å². The highest BCUT2D eigenvalue weighted by Crippen LogP contribution is 2.03. The van der Waals surface area contributed by atoms with E-state index in [1.54, 1.807) is 24.3 Å². The van der Waals surface area contributed by atoms with Crippen molar-refractivity contribution in [3.05, 3.63) is 47.5 Å². The lowest BCUT2D eigenvalue weighted by molar-refractivity contribution is -0.131. The minimum atomic E-state index is -1.17. The summed E-state index contributed by atoms with van der Waals surface area (Å²) >= 11 is 0. The number of nitriles is 1. The van der Waals surface area contributed by atoms with Crippen molar-refractivity contribution in [2.24, 2.45) is 0 Å². The first-order chi connectivity index (χ1) is 8.11. The van der Waals surface area contributed by atoms with Crippen LogP contribution in [0.5, 0.6) is 0 Å². The van der Waals surface area contributed by atoms with Crippen molar-refractivity contribution in [1.29, 1.82) is 5.26 Å². The first-order valence-electron chi connectivity index (χ1n) is 4.79. The van der Waals surface area contributed by atoms with Crippen LogP contribution in [0.4, 0.5) is 0 Å². The average molecular weight is 230 g/mol. The molecule has 1 aromatic carbocycles. The number of benzene rings is 1. The Kier molecular flexibility index (Phi) is 4.45. The highest BCUT2D eigenvalue weighted by Gasteiger charge is 1.98. The van der Waals surface area contributed by atoms with E-state index in [2.05, 4.69) is 5.32 Å². The third-order valence-corrected chi connectivity index (χ3v) is 1.90. The lowest BCUT2D eigenvalue weighted by Gasteiger charge is -2.02. The van der Waals surface area contributed by atoms with Gasteiger partial charge in [0.2, 0.25) is 5.91 Å². The summed E-state index contributed by atoms with van der Waals surface area (Å²) in [6.07, 6.45) is 1.71. The number of carboxylic acids is 1. The first kappa shape index (κ1) is 12.5. The van der Waals surface area contributed by atoms with Crippen LogP contribution >= 0.6 is 0 Å². The van der Waals surface area contributed by atoms with Crippen molar-refractivity contribution in [2.45, 2.75) is 6.54 Å². The van der Waals surface area contributed by atoms with Crippen LogP contribution in [-0.2, 0) is 16.1 Å². The number of nitrogens with one attached hydrogen (secondary N) is 1. The van der Waals surface area contributed by atoms with Crippen molar-refractivity contribution in [1.82, 2.24) is 5.32 Å². The Bertz CT molecular complexity index is 501. The standard InChI is InChI=1S/C12H10N2O3/c13-7-9-2-1-3-10(6-9)8-14-11(15)4-5-12(16)17/h1-6H,8H2,(H,14,15)(H,16,17)/b5-4+. The summed E-state index contributed by atoms with van der Waals surface area (Å²) in [5.41, 5.74) is 1.29. The third kappa shape index (κ3) is 4.62. The predicted molar refractivity (Wildman–Crippen MR) is 59.8 cm³/mol. The Hall–Kier alpha value is -2.61. The summed E-state index contributed by atoms with van der Waals surface area (Å²) in [4.78, 5) is 21.3. The van der Waals surface area contributed by atoms with E-state index in [-0.39, 0.29) is 6.54 Å². The number of aliphatic carboxylic acids is 1. The second-order valence-electron chi connectivity index (χ2n) is 3.20. The molecule has 0 aliphatic rings. The molecule has 0 saturated heterocycles. The molecule has 0 radical (unpaired) electrons. The predicted octanol–water partition coefficient (Wildman–Crippen LogP) is 0.815. The maximum absolute atomic E-state index is 11.1. The van der Waals surface area contributed by atoms with Gasteiger partial charge in [0.25, 0.3) is 0 Å². The molecule has 2 N–H and O–H groups in total. The number of carboxylic acid groups (broad SMARTS) is 1. The molecule has 0 spiro atoms. The molecule has 0 atom stereocenters. The molecule has 0 saturated carbocycles. The molecule has 0 fully saturated rings. The van der Waals surface area contributed by atoms with Crippen LogP contribution in [-0.4, -0.2) is 17.0 Å². The Balaban J connectivity index is 2.53. The molecule has 1 amide bonds. The molecular formula is C12H10N2O3. The minimum absolute atomic E-state index is 0.248. The quantitative estimate of drug-likeness (QED) is 0.749. The van der Waals surface area contributed by atoms with Gasteiger partial charge in [0, 0.05) is 18.7 Å². The summed E-state index contributed by atoms with van der Waals surface area (Å²) < 4.78 is 0. The van der Waals surface area contributed by atoms with Crippen LogP contribution in [0, 0.1) is 11.3 Å².